The molecule has 1 saturated heterocycles. The van der Waals surface area contributed by atoms with Crippen LogP contribution in [0.25, 0.3) is 5.70 Å². The number of aromatic nitrogens is 2. The largest absolute Gasteiger partial charge is 0.508 e. The second-order valence-corrected chi connectivity index (χ2v) is 7.18. The molecule has 0 aliphatic carbocycles. The quantitative estimate of drug-likeness (QED) is 0.458. The van der Waals surface area contributed by atoms with Crippen molar-refractivity contribution in [2.75, 3.05) is 26.2 Å². The van der Waals surface area contributed by atoms with Crippen LogP contribution < -0.4 is 22.7 Å². The molecular weight excluding hydrogens is 400 g/mol. The van der Waals surface area contributed by atoms with E-state index in [1.165, 1.54) is 16.8 Å². The molecule has 2 heterocycles. The van der Waals surface area contributed by atoms with E-state index in [0.717, 1.165) is 5.56 Å². The Kier molecular flexibility index (Phi) is 6.81. The lowest BCUT2D eigenvalue weighted by molar-refractivity contribution is -0.132. The summed E-state index contributed by atoms with van der Waals surface area (Å²) in [7, 11) is 0. The zero-order valence-corrected chi connectivity index (χ0v) is 17.0. The molecule has 0 saturated carbocycles. The third-order valence-corrected chi connectivity index (χ3v) is 5.10. The molecular formula is C21H26N6O4. The molecule has 6 N–H and O–H groups in total. The summed E-state index contributed by atoms with van der Waals surface area (Å²) in [4.78, 5) is 41.1. The average Bonchev–Trinajstić information content (AvgIpc) is 2.77. The summed E-state index contributed by atoms with van der Waals surface area (Å²) in [5.74, 6) is 0.662. The lowest BCUT2D eigenvalue weighted by Gasteiger charge is -2.36. The van der Waals surface area contributed by atoms with Crippen molar-refractivity contribution in [2.45, 2.75) is 13.0 Å². The fraction of sp³-hybridized carbons (Fsp3) is 0.286. The predicted molar refractivity (Wildman–Crippen MR) is 117 cm³/mol. The number of benzene rings is 1. The molecule has 1 aromatic carbocycles. The van der Waals surface area contributed by atoms with E-state index in [9.17, 15) is 19.5 Å². The highest BCUT2D eigenvalue weighted by Crippen LogP contribution is 2.15. The first-order chi connectivity index (χ1) is 14.8. The Bertz CT molecular complexity index is 1090. The number of amides is 1. The molecule has 1 aliphatic heterocycles. The fourth-order valence-electron chi connectivity index (χ4n) is 3.24. The van der Waals surface area contributed by atoms with Crippen molar-refractivity contribution >= 4 is 11.6 Å². The van der Waals surface area contributed by atoms with Crippen LogP contribution >= 0.6 is 0 Å². The number of phenols is 1. The van der Waals surface area contributed by atoms with Gasteiger partial charge in [0.25, 0.3) is 5.56 Å². The normalized spacial score (nSPS) is 15.2. The van der Waals surface area contributed by atoms with Gasteiger partial charge in [-0.1, -0.05) is 0 Å². The Balaban J connectivity index is 1.51. The molecule has 1 aromatic heterocycles. The first-order valence-electron chi connectivity index (χ1n) is 9.88. The van der Waals surface area contributed by atoms with Gasteiger partial charge in [-0.2, -0.15) is 0 Å². The van der Waals surface area contributed by atoms with Gasteiger partial charge in [-0.3, -0.25) is 14.6 Å². The SMILES string of the molecule is N/C(=C\C=C(/N)N1CCN(C(=O)CCn2ccc(=O)[nH]c2=O)CC1)c1ccc(O)cc1. The van der Waals surface area contributed by atoms with Gasteiger partial charge in [0.05, 0.1) is 5.82 Å². The molecule has 2 aromatic rings. The van der Waals surface area contributed by atoms with Crippen molar-refractivity contribution in [1.82, 2.24) is 19.4 Å². The molecule has 10 nitrogen and oxygen atoms in total. The third-order valence-electron chi connectivity index (χ3n) is 5.10. The summed E-state index contributed by atoms with van der Waals surface area (Å²) in [5.41, 5.74) is 12.5. The minimum Gasteiger partial charge on any atom is -0.508 e. The molecule has 0 radical (unpaired) electrons. The smallest absolute Gasteiger partial charge is 0.328 e. The Labute approximate surface area is 178 Å². The first-order valence-corrected chi connectivity index (χ1v) is 9.88. The van der Waals surface area contributed by atoms with Crippen LogP contribution in [0.4, 0.5) is 0 Å². The van der Waals surface area contributed by atoms with E-state index in [-0.39, 0.29) is 24.6 Å². The van der Waals surface area contributed by atoms with Gasteiger partial charge >= 0.3 is 5.69 Å². The highest BCUT2D eigenvalue weighted by atomic mass is 16.3. The first kappa shape index (κ1) is 21.8. The summed E-state index contributed by atoms with van der Waals surface area (Å²) in [6.07, 6.45) is 4.99. The number of hydrogen-bond donors (Lipinski definition) is 4. The number of nitrogens with zero attached hydrogens (tertiary/aromatic N) is 3. The summed E-state index contributed by atoms with van der Waals surface area (Å²) in [6, 6.07) is 7.82. The Morgan fingerprint density at radius 1 is 1.00 bits per heavy atom. The highest BCUT2D eigenvalue weighted by molar-refractivity contribution is 5.76. The van der Waals surface area contributed by atoms with Crippen LogP contribution in [0.15, 0.2) is 64.1 Å². The molecule has 0 spiro atoms. The third kappa shape index (κ3) is 5.78. The van der Waals surface area contributed by atoms with Crippen molar-refractivity contribution in [3.8, 4) is 5.75 Å². The molecule has 1 fully saturated rings. The molecule has 31 heavy (non-hydrogen) atoms. The minimum atomic E-state index is -0.525. The number of nitrogens with two attached hydrogens (primary N) is 2. The molecule has 0 bridgehead atoms. The monoisotopic (exact) mass is 426 g/mol. The van der Waals surface area contributed by atoms with Gasteiger partial charge in [-0.25, -0.2) is 4.79 Å². The lowest BCUT2D eigenvalue weighted by Crippen LogP contribution is -2.49. The van der Waals surface area contributed by atoms with Crippen molar-refractivity contribution in [3.05, 3.63) is 80.9 Å². The van der Waals surface area contributed by atoms with E-state index >= 15 is 0 Å². The van der Waals surface area contributed by atoms with Crippen molar-refractivity contribution in [3.63, 3.8) is 0 Å². The fourth-order valence-corrected chi connectivity index (χ4v) is 3.24. The van der Waals surface area contributed by atoms with Crippen LogP contribution in [0.2, 0.25) is 0 Å². The zero-order valence-electron chi connectivity index (χ0n) is 17.0. The summed E-state index contributed by atoms with van der Waals surface area (Å²) in [5, 5.41) is 9.35. The van der Waals surface area contributed by atoms with Gasteiger partial charge in [0.2, 0.25) is 5.91 Å². The van der Waals surface area contributed by atoms with Crippen LogP contribution in [0.1, 0.15) is 12.0 Å². The number of aryl methyl sites for hydroxylation is 1. The topological polar surface area (TPSA) is 151 Å². The van der Waals surface area contributed by atoms with Crippen molar-refractivity contribution < 1.29 is 9.90 Å². The van der Waals surface area contributed by atoms with Crippen molar-refractivity contribution in [1.29, 1.82) is 0 Å². The van der Waals surface area contributed by atoms with Crippen molar-refractivity contribution in [2.24, 2.45) is 11.5 Å². The number of allylic oxidation sites excluding steroid dienone is 2. The van der Waals surface area contributed by atoms with Crippen LogP contribution in [0.5, 0.6) is 5.75 Å². The van der Waals surface area contributed by atoms with Crippen LogP contribution in [-0.2, 0) is 11.3 Å². The Morgan fingerprint density at radius 3 is 2.29 bits per heavy atom. The zero-order chi connectivity index (χ0) is 22.4. The van der Waals surface area contributed by atoms with Gasteiger partial charge in [0.15, 0.2) is 0 Å². The summed E-state index contributed by atoms with van der Waals surface area (Å²) >= 11 is 0. The number of nitrogens with one attached hydrogen (secondary N) is 1. The van der Waals surface area contributed by atoms with E-state index < -0.39 is 11.2 Å². The summed E-state index contributed by atoms with van der Waals surface area (Å²) in [6.45, 7) is 2.41. The van der Waals surface area contributed by atoms with E-state index in [0.29, 0.717) is 37.7 Å². The van der Waals surface area contributed by atoms with Gasteiger partial charge in [-0.05, 0) is 42.0 Å². The highest BCUT2D eigenvalue weighted by Gasteiger charge is 2.21. The van der Waals surface area contributed by atoms with E-state index in [1.54, 1.807) is 41.3 Å². The second-order valence-electron chi connectivity index (χ2n) is 7.18. The number of piperazine rings is 1. The maximum Gasteiger partial charge on any atom is 0.328 e. The van der Waals surface area contributed by atoms with E-state index in [2.05, 4.69) is 4.98 Å². The molecule has 1 amide bonds. The Hall–Kier alpha value is -3.95. The Morgan fingerprint density at radius 2 is 1.65 bits per heavy atom. The lowest BCUT2D eigenvalue weighted by atomic mass is 10.1. The molecule has 164 valence electrons. The van der Waals surface area contributed by atoms with Gasteiger partial charge in [-0.15, -0.1) is 0 Å². The minimum absolute atomic E-state index is 0.0585. The molecule has 1 aliphatic rings. The predicted octanol–water partition coefficient (Wildman–Crippen LogP) is -0.424. The van der Waals surface area contributed by atoms with Gasteiger partial charge < -0.3 is 30.9 Å². The maximum absolute atomic E-state index is 12.5. The van der Waals surface area contributed by atoms with Crippen LogP contribution in [0, 0.1) is 0 Å². The summed E-state index contributed by atoms with van der Waals surface area (Å²) < 4.78 is 1.31. The van der Waals surface area contributed by atoms with Gasteiger partial charge in [0.1, 0.15) is 5.75 Å². The molecule has 0 unspecified atom stereocenters. The average molecular weight is 426 g/mol. The molecule has 3 rings (SSSR count). The number of hydrogen-bond acceptors (Lipinski definition) is 7. The number of rotatable bonds is 6. The van der Waals surface area contributed by atoms with Gasteiger partial charge in [0, 0.05) is 57.1 Å². The number of H-pyrrole nitrogens is 1. The number of aromatic amines is 1. The van der Waals surface area contributed by atoms with Crippen LogP contribution in [0.3, 0.4) is 0 Å². The standard InChI is InChI=1S/C21H26N6O4/c22-17(15-1-3-16(28)4-2-15)5-6-18(23)25-11-13-26(14-12-25)20(30)8-10-27-9-7-19(29)24-21(27)31/h1-7,9,28H,8,10-14,22-23H2,(H,24,29,31)/b17-5-,18-6+. The molecule has 0 atom stereocenters. The number of aromatic hydroxyl groups is 1. The number of carbonyl (C=O) groups is 1. The second kappa shape index (κ2) is 9.70. The number of carbonyl (C=O) groups excluding carboxylic acids is 1. The maximum atomic E-state index is 12.5. The molecule has 10 heteroatoms. The van der Waals surface area contributed by atoms with Crippen LogP contribution in [-0.4, -0.2) is 56.5 Å². The van der Waals surface area contributed by atoms with E-state index in [1.807, 2.05) is 4.90 Å². The van der Waals surface area contributed by atoms with E-state index in [4.69, 9.17) is 11.5 Å². The number of phenolic OH excluding ortho intramolecular Hbond substituents is 1.